The van der Waals surface area contributed by atoms with Crippen molar-refractivity contribution in [2.45, 2.75) is 13.8 Å². The van der Waals surface area contributed by atoms with Gasteiger partial charge in [-0.1, -0.05) is 132 Å². The second-order valence-electron chi connectivity index (χ2n) is 12.6. The summed E-state index contributed by atoms with van der Waals surface area (Å²) in [4.78, 5) is 19.7. The predicted molar refractivity (Wildman–Crippen MR) is 238 cm³/mol. The molecule has 0 spiro atoms. The van der Waals surface area contributed by atoms with Crippen LogP contribution >= 0.6 is 23.5 Å². The van der Waals surface area contributed by atoms with E-state index in [-0.39, 0.29) is 0 Å². The van der Waals surface area contributed by atoms with Gasteiger partial charge >= 0.3 is 0 Å². The van der Waals surface area contributed by atoms with Crippen LogP contribution in [0.5, 0.6) is 0 Å². The molecule has 0 saturated carbocycles. The fourth-order valence-electron chi connectivity index (χ4n) is 5.98. The Hall–Kier alpha value is -5.70. The lowest BCUT2D eigenvalue weighted by Gasteiger charge is -2.42. The van der Waals surface area contributed by atoms with Crippen LogP contribution in [0.2, 0.25) is 0 Å². The average Bonchev–Trinajstić information content (AvgIpc) is 3.22. The molecule has 6 aromatic rings. The molecule has 272 valence electrons. The predicted octanol–water partition coefficient (Wildman–Crippen LogP) is 12.1. The van der Waals surface area contributed by atoms with Crippen LogP contribution in [0.4, 0.5) is 34.1 Å². The highest BCUT2D eigenvalue weighted by Crippen LogP contribution is 2.38. The number of thioether (sulfide) groups is 2. The van der Waals surface area contributed by atoms with Crippen molar-refractivity contribution < 1.29 is 0 Å². The van der Waals surface area contributed by atoms with E-state index in [9.17, 15) is 0 Å². The molecule has 0 aliphatic carbocycles. The number of hydrogen-bond donors (Lipinski definition) is 0. The second kappa shape index (κ2) is 18.4. The van der Waals surface area contributed by atoms with Gasteiger partial charge in [-0.15, -0.1) is 0 Å². The Morgan fingerprint density at radius 1 is 0.389 bits per heavy atom. The van der Waals surface area contributed by atoms with Gasteiger partial charge in [0.05, 0.1) is 11.4 Å². The van der Waals surface area contributed by atoms with Crippen LogP contribution in [-0.4, -0.2) is 36.9 Å². The number of amidine groups is 2. The van der Waals surface area contributed by atoms with E-state index >= 15 is 0 Å². The van der Waals surface area contributed by atoms with E-state index in [2.05, 4.69) is 169 Å². The first kappa shape index (κ1) is 38.0. The third-order valence-corrected chi connectivity index (χ3v) is 10.1. The van der Waals surface area contributed by atoms with Gasteiger partial charge in [-0.25, -0.2) is 9.98 Å². The normalized spacial score (nSPS) is 12.2. The SMILES string of the molecule is CSC(=Nc1ccccc1)N(/C(=C(/N(C)c1ccccc1)N(C(=Nc1ccccc1)SC)c1ccc(C)cc1)N(C)c1ccccc1)c1ccc(C)cc1. The summed E-state index contributed by atoms with van der Waals surface area (Å²) in [7, 11) is 4.26. The van der Waals surface area contributed by atoms with E-state index < -0.39 is 0 Å². The molecule has 6 aromatic carbocycles. The Bertz CT molecular complexity index is 2010. The number of para-hydroxylation sites is 4. The maximum atomic E-state index is 5.34. The summed E-state index contributed by atoms with van der Waals surface area (Å²) in [6.45, 7) is 4.24. The lowest BCUT2D eigenvalue weighted by Crippen LogP contribution is -2.46. The standard InChI is InChI=1S/C46H46N6S2/c1-35-27-31-41(32-28-35)51(45(53-5)47-37-19-11-7-12-20-37)43(49(3)39-23-15-9-16-24-39)44(50(4)40-25-17-10-18-26-40)52(42-33-29-36(2)30-34-42)46(54-6)48-38-21-13-8-14-22-38/h7-34H,1-6H3/b44-43-,47-45?,48-46?. The van der Waals surface area contributed by atoms with Crippen LogP contribution in [0.1, 0.15) is 11.1 Å². The summed E-state index contributed by atoms with van der Waals surface area (Å²) in [6.07, 6.45) is 4.18. The van der Waals surface area contributed by atoms with Gasteiger partial charge in [0.25, 0.3) is 0 Å². The zero-order valence-electron chi connectivity index (χ0n) is 31.7. The van der Waals surface area contributed by atoms with E-state index in [0.29, 0.717) is 0 Å². The zero-order chi connectivity index (χ0) is 37.9. The van der Waals surface area contributed by atoms with Gasteiger partial charge in [0.15, 0.2) is 22.0 Å². The number of aryl methyl sites for hydroxylation is 2. The molecule has 54 heavy (non-hydrogen) atoms. The first-order chi connectivity index (χ1) is 26.4. The zero-order valence-corrected chi connectivity index (χ0v) is 33.3. The number of hydrogen-bond acceptors (Lipinski definition) is 6. The molecular weight excluding hydrogens is 701 g/mol. The highest BCUT2D eigenvalue weighted by atomic mass is 32.2. The summed E-state index contributed by atoms with van der Waals surface area (Å²) in [5.41, 5.74) is 8.04. The van der Waals surface area contributed by atoms with Crippen LogP contribution in [0, 0.1) is 13.8 Å². The summed E-state index contributed by atoms with van der Waals surface area (Å²) >= 11 is 3.21. The van der Waals surface area contributed by atoms with Crippen molar-refractivity contribution in [3.63, 3.8) is 0 Å². The lowest BCUT2D eigenvalue weighted by atomic mass is 10.2. The highest BCUT2D eigenvalue weighted by Gasteiger charge is 2.34. The molecule has 0 aliphatic rings. The number of rotatable bonds is 10. The molecule has 0 heterocycles. The van der Waals surface area contributed by atoms with Gasteiger partial charge in [-0.3, -0.25) is 9.80 Å². The number of benzene rings is 6. The van der Waals surface area contributed by atoms with E-state index in [1.54, 1.807) is 23.5 Å². The molecule has 0 saturated heterocycles. The summed E-state index contributed by atoms with van der Waals surface area (Å²) in [5, 5.41) is 1.60. The van der Waals surface area contributed by atoms with Crippen molar-refractivity contribution >= 4 is 68.0 Å². The third-order valence-electron chi connectivity index (χ3n) is 8.84. The third kappa shape index (κ3) is 9.08. The van der Waals surface area contributed by atoms with Gasteiger partial charge in [-0.2, -0.15) is 0 Å². The highest BCUT2D eigenvalue weighted by molar-refractivity contribution is 8.13. The minimum Gasteiger partial charge on any atom is -0.327 e. The van der Waals surface area contributed by atoms with Crippen molar-refractivity contribution in [1.29, 1.82) is 0 Å². The Kier molecular flexibility index (Phi) is 12.9. The molecule has 0 unspecified atom stereocenters. The number of nitrogens with zero attached hydrogens (tertiary/aromatic N) is 6. The molecule has 6 rings (SSSR count). The Morgan fingerprint density at radius 2 is 0.685 bits per heavy atom. The van der Waals surface area contributed by atoms with Crippen molar-refractivity contribution in [2.24, 2.45) is 9.98 Å². The van der Waals surface area contributed by atoms with Crippen LogP contribution in [0.25, 0.3) is 0 Å². The van der Waals surface area contributed by atoms with E-state index in [4.69, 9.17) is 9.98 Å². The second-order valence-corrected chi connectivity index (χ2v) is 14.2. The van der Waals surface area contributed by atoms with Crippen LogP contribution in [0.3, 0.4) is 0 Å². The Balaban J connectivity index is 1.80. The molecule has 6 nitrogen and oxygen atoms in total. The van der Waals surface area contributed by atoms with Crippen LogP contribution in [-0.2, 0) is 0 Å². The molecular formula is C46H46N6S2. The van der Waals surface area contributed by atoms with Crippen LogP contribution < -0.4 is 19.6 Å². The number of anilines is 4. The van der Waals surface area contributed by atoms with Crippen molar-refractivity contribution in [3.8, 4) is 0 Å². The van der Waals surface area contributed by atoms with Crippen molar-refractivity contribution in [3.05, 3.63) is 193 Å². The van der Waals surface area contributed by atoms with Gasteiger partial charge in [0.2, 0.25) is 0 Å². The van der Waals surface area contributed by atoms with E-state index in [0.717, 1.165) is 56.1 Å². The first-order valence-corrected chi connectivity index (χ1v) is 20.2. The fraction of sp³-hybridized carbons (Fsp3) is 0.130. The van der Waals surface area contributed by atoms with Gasteiger partial charge < -0.3 is 9.80 Å². The maximum absolute atomic E-state index is 5.34. The molecule has 0 N–H and O–H groups in total. The molecule has 0 fully saturated rings. The quantitative estimate of drug-likeness (QED) is 0.103. The van der Waals surface area contributed by atoms with E-state index in [1.807, 2.05) is 60.7 Å². The molecule has 0 atom stereocenters. The lowest BCUT2D eigenvalue weighted by molar-refractivity contribution is 0.925. The van der Waals surface area contributed by atoms with Crippen molar-refractivity contribution in [1.82, 2.24) is 0 Å². The summed E-state index contributed by atoms with van der Waals surface area (Å²) in [6, 6.07) is 58.6. The molecule has 0 radical (unpaired) electrons. The van der Waals surface area contributed by atoms with E-state index in [1.165, 1.54) is 11.1 Å². The summed E-state index contributed by atoms with van der Waals surface area (Å²) in [5.74, 6) is 1.74. The minimum atomic E-state index is 0.802. The Labute approximate surface area is 329 Å². The largest absolute Gasteiger partial charge is 0.327 e. The van der Waals surface area contributed by atoms with Crippen molar-refractivity contribution in [2.75, 3.05) is 46.2 Å². The number of aliphatic imine (C=N–C) groups is 2. The van der Waals surface area contributed by atoms with Gasteiger partial charge in [-0.05, 0) is 99.2 Å². The smallest absolute Gasteiger partial charge is 0.174 e. The monoisotopic (exact) mass is 746 g/mol. The summed E-state index contributed by atoms with van der Waals surface area (Å²) < 4.78 is 0. The molecule has 0 amide bonds. The molecule has 0 aromatic heterocycles. The Morgan fingerprint density at radius 3 is 0.981 bits per heavy atom. The average molecular weight is 747 g/mol. The minimum absolute atomic E-state index is 0.802. The topological polar surface area (TPSA) is 37.7 Å². The van der Waals surface area contributed by atoms with Crippen LogP contribution in [0.15, 0.2) is 191 Å². The molecule has 0 bridgehead atoms. The van der Waals surface area contributed by atoms with Gasteiger partial charge in [0, 0.05) is 36.8 Å². The molecule has 8 heteroatoms. The fourth-order valence-corrected chi connectivity index (χ4v) is 7.12. The first-order valence-electron chi connectivity index (χ1n) is 17.8. The molecule has 0 aliphatic heterocycles. The van der Waals surface area contributed by atoms with Gasteiger partial charge in [0.1, 0.15) is 0 Å². The maximum Gasteiger partial charge on any atom is 0.174 e.